The lowest BCUT2D eigenvalue weighted by Crippen LogP contribution is -2.24. The van der Waals surface area contributed by atoms with Gasteiger partial charge in [0, 0.05) is 0 Å². The first kappa shape index (κ1) is 17.8. The van der Waals surface area contributed by atoms with Gasteiger partial charge in [0.05, 0.1) is 26.0 Å². The number of benzene rings is 2. The third-order valence-electron chi connectivity index (χ3n) is 3.18. The summed E-state index contributed by atoms with van der Waals surface area (Å²) in [7, 11) is 3.09. The van der Waals surface area contributed by atoms with E-state index in [4.69, 9.17) is 19.5 Å². The van der Waals surface area contributed by atoms with Crippen LogP contribution in [-0.2, 0) is 4.79 Å². The first-order valence-corrected chi connectivity index (χ1v) is 7.33. The minimum Gasteiger partial charge on any atom is -0.493 e. The molecule has 0 unspecified atom stereocenters. The number of nitrogens with one attached hydrogen (secondary N) is 1. The van der Waals surface area contributed by atoms with Crippen LogP contribution < -0.4 is 19.6 Å². The molecule has 1 N–H and O–H groups in total. The predicted molar refractivity (Wildman–Crippen MR) is 91.9 cm³/mol. The molecule has 0 fully saturated rings. The number of amides is 1. The van der Waals surface area contributed by atoms with E-state index < -0.39 is 5.91 Å². The largest absolute Gasteiger partial charge is 0.493 e. The zero-order chi connectivity index (χ0) is 18.1. The molecular weight excluding hydrogens is 322 g/mol. The molecule has 7 heteroatoms. The topological polar surface area (TPSA) is 92.9 Å². The van der Waals surface area contributed by atoms with E-state index in [1.54, 1.807) is 49.6 Å². The maximum atomic E-state index is 11.8. The lowest BCUT2D eigenvalue weighted by molar-refractivity contribution is -0.123. The first-order chi connectivity index (χ1) is 12.2. The molecule has 1 amide bonds. The molecule has 2 rings (SSSR count). The van der Waals surface area contributed by atoms with Crippen LogP contribution >= 0.6 is 0 Å². The van der Waals surface area contributed by atoms with Crippen LogP contribution in [0.4, 0.5) is 0 Å². The van der Waals surface area contributed by atoms with Crippen molar-refractivity contribution in [1.82, 2.24) is 5.43 Å². The van der Waals surface area contributed by atoms with Crippen molar-refractivity contribution in [2.75, 3.05) is 20.8 Å². The van der Waals surface area contributed by atoms with E-state index in [0.29, 0.717) is 22.8 Å². The smallest absolute Gasteiger partial charge is 0.277 e. The van der Waals surface area contributed by atoms with Gasteiger partial charge in [0.2, 0.25) is 0 Å². The summed E-state index contributed by atoms with van der Waals surface area (Å²) in [5.41, 5.74) is 3.45. The number of nitrogens with zero attached hydrogens (tertiary/aromatic N) is 2. The monoisotopic (exact) mass is 339 g/mol. The minimum absolute atomic E-state index is 0.248. The molecule has 7 nitrogen and oxygen atoms in total. The van der Waals surface area contributed by atoms with Crippen LogP contribution in [0, 0.1) is 11.3 Å². The molecule has 0 saturated heterocycles. The molecule has 0 bridgehead atoms. The normalized spacial score (nSPS) is 10.1. The average molecular weight is 339 g/mol. The molecular formula is C18H17N3O4. The van der Waals surface area contributed by atoms with Crippen LogP contribution in [0.1, 0.15) is 11.1 Å². The van der Waals surface area contributed by atoms with Gasteiger partial charge in [-0.2, -0.15) is 10.4 Å². The van der Waals surface area contributed by atoms with Gasteiger partial charge in [0.15, 0.2) is 18.1 Å². The fourth-order valence-corrected chi connectivity index (χ4v) is 1.97. The highest BCUT2D eigenvalue weighted by atomic mass is 16.5. The number of nitriles is 1. The third-order valence-corrected chi connectivity index (χ3v) is 3.18. The van der Waals surface area contributed by atoms with E-state index in [0.717, 1.165) is 5.56 Å². The second-order valence-electron chi connectivity index (χ2n) is 4.80. The Morgan fingerprint density at radius 2 is 1.92 bits per heavy atom. The van der Waals surface area contributed by atoms with E-state index in [1.165, 1.54) is 13.3 Å². The van der Waals surface area contributed by atoms with Crippen molar-refractivity contribution in [3.05, 3.63) is 53.6 Å². The molecule has 0 aliphatic carbocycles. The maximum Gasteiger partial charge on any atom is 0.277 e. The number of methoxy groups -OCH3 is 2. The lowest BCUT2D eigenvalue weighted by Gasteiger charge is -2.07. The van der Waals surface area contributed by atoms with Crippen molar-refractivity contribution in [2.24, 2.45) is 5.10 Å². The summed E-state index contributed by atoms with van der Waals surface area (Å²) in [6, 6.07) is 13.9. The molecule has 0 radical (unpaired) electrons. The third kappa shape index (κ3) is 4.97. The van der Waals surface area contributed by atoms with Gasteiger partial charge in [-0.3, -0.25) is 4.79 Å². The van der Waals surface area contributed by atoms with Gasteiger partial charge in [0.1, 0.15) is 11.8 Å². The molecule has 0 heterocycles. The Balaban J connectivity index is 1.89. The summed E-state index contributed by atoms with van der Waals surface area (Å²) in [4.78, 5) is 11.8. The Kier molecular flexibility index (Phi) is 6.37. The average Bonchev–Trinajstić information content (AvgIpc) is 2.66. The number of hydrazone groups is 1. The second-order valence-corrected chi connectivity index (χ2v) is 4.80. The molecule has 0 spiro atoms. The number of para-hydroxylation sites is 1. The summed E-state index contributed by atoms with van der Waals surface area (Å²) in [5.74, 6) is 1.08. The quantitative estimate of drug-likeness (QED) is 0.616. The van der Waals surface area contributed by atoms with E-state index in [2.05, 4.69) is 10.5 Å². The van der Waals surface area contributed by atoms with Gasteiger partial charge in [-0.05, 0) is 35.9 Å². The number of ether oxygens (including phenoxy) is 3. The van der Waals surface area contributed by atoms with Gasteiger partial charge in [-0.15, -0.1) is 0 Å². The summed E-state index contributed by atoms with van der Waals surface area (Å²) in [6.45, 7) is -0.248. The lowest BCUT2D eigenvalue weighted by atomic mass is 10.2. The highest BCUT2D eigenvalue weighted by molar-refractivity contribution is 5.83. The molecule has 128 valence electrons. The summed E-state index contributed by atoms with van der Waals surface area (Å²) in [5, 5.41) is 12.8. The second kappa shape index (κ2) is 8.93. The van der Waals surface area contributed by atoms with Crippen molar-refractivity contribution >= 4 is 12.1 Å². The predicted octanol–water partition coefficient (Wildman–Crippen LogP) is 2.10. The summed E-state index contributed by atoms with van der Waals surface area (Å²) in [6.07, 6.45) is 1.48. The zero-order valence-electron chi connectivity index (χ0n) is 13.9. The number of carbonyl (C=O) groups is 1. The summed E-state index contributed by atoms with van der Waals surface area (Å²) < 4.78 is 15.7. The van der Waals surface area contributed by atoms with Crippen LogP contribution in [0.15, 0.2) is 47.6 Å². The van der Waals surface area contributed by atoms with Crippen LogP contribution in [0.2, 0.25) is 0 Å². The number of rotatable bonds is 7. The molecule has 25 heavy (non-hydrogen) atoms. The Morgan fingerprint density at radius 3 is 2.64 bits per heavy atom. The molecule has 0 saturated carbocycles. The summed E-state index contributed by atoms with van der Waals surface area (Å²) >= 11 is 0. The highest BCUT2D eigenvalue weighted by Crippen LogP contribution is 2.26. The number of hydrogen-bond acceptors (Lipinski definition) is 6. The molecule has 2 aromatic rings. The fraction of sp³-hybridized carbons (Fsp3) is 0.167. The van der Waals surface area contributed by atoms with Crippen LogP contribution in [-0.4, -0.2) is 32.9 Å². The van der Waals surface area contributed by atoms with E-state index >= 15 is 0 Å². The number of hydrogen-bond donors (Lipinski definition) is 1. The van der Waals surface area contributed by atoms with Crippen molar-refractivity contribution in [3.8, 4) is 23.3 Å². The fourth-order valence-electron chi connectivity index (χ4n) is 1.97. The van der Waals surface area contributed by atoms with Gasteiger partial charge in [0.25, 0.3) is 5.91 Å². The van der Waals surface area contributed by atoms with E-state index in [9.17, 15) is 4.79 Å². The van der Waals surface area contributed by atoms with E-state index in [-0.39, 0.29) is 6.61 Å². The van der Waals surface area contributed by atoms with Crippen molar-refractivity contribution < 1.29 is 19.0 Å². The van der Waals surface area contributed by atoms with Crippen molar-refractivity contribution in [2.45, 2.75) is 0 Å². The zero-order valence-corrected chi connectivity index (χ0v) is 13.9. The van der Waals surface area contributed by atoms with Gasteiger partial charge >= 0.3 is 0 Å². The Bertz CT molecular complexity index is 812. The van der Waals surface area contributed by atoms with Gasteiger partial charge in [-0.1, -0.05) is 12.1 Å². The van der Waals surface area contributed by atoms with Crippen LogP contribution in [0.5, 0.6) is 17.2 Å². The Morgan fingerprint density at radius 1 is 1.16 bits per heavy atom. The standard InChI is InChI=1S/C18H17N3O4/c1-23-16-8-7-13(9-17(16)24-2)11-20-21-18(22)12-25-15-6-4-3-5-14(15)10-19/h3-9,11H,12H2,1-2H3,(H,21,22)/b20-11-. The minimum atomic E-state index is -0.440. The van der Waals surface area contributed by atoms with Gasteiger partial charge < -0.3 is 14.2 Å². The van der Waals surface area contributed by atoms with Crippen LogP contribution in [0.25, 0.3) is 0 Å². The molecule has 0 aliphatic rings. The van der Waals surface area contributed by atoms with Crippen LogP contribution in [0.3, 0.4) is 0 Å². The molecule has 0 aliphatic heterocycles. The molecule has 0 aromatic heterocycles. The highest BCUT2D eigenvalue weighted by Gasteiger charge is 2.06. The Hall–Kier alpha value is -3.53. The first-order valence-electron chi connectivity index (χ1n) is 7.33. The van der Waals surface area contributed by atoms with Gasteiger partial charge in [-0.25, -0.2) is 5.43 Å². The Labute approximate surface area is 145 Å². The molecule has 0 atom stereocenters. The van der Waals surface area contributed by atoms with Crippen molar-refractivity contribution in [1.29, 1.82) is 5.26 Å². The maximum absolute atomic E-state index is 11.8. The molecule has 2 aromatic carbocycles. The van der Waals surface area contributed by atoms with Crippen molar-refractivity contribution in [3.63, 3.8) is 0 Å². The van der Waals surface area contributed by atoms with E-state index in [1.807, 2.05) is 6.07 Å². The SMILES string of the molecule is COc1ccc(/C=N\NC(=O)COc2ccccc2C#N)cc1OC. The number of carbonyl (C=O) groups excluding carboxylic acids is 1.